The first-order chi connectivity index (χ1) is 6.18. The van der Waals surface area contributed by atoms with Gasteiger partial charge in [0.15, 0.2) is 5.82 Å². The van der Waals surface area contributed by atoms with Crippen LogP contribution >= 0.6 is 12.2 Å². The normalized spacial score (nSPS) is 10.2. The van der Waals surface area contributed by atoms with Crippen molar-refractivity contribution in [2.45, 2.75) is 0 Å². The van der Waals surface area contributed by atoms with Gasteiger partial charge in [-0.15, -0.1) is 0 Å². The Morgan fingerprint density at radius 3 is 3.08 bits per heavy atom. The third kappa shape index (κ3) is 3.43. The van der Waals surface area contributed by atoms with E-state index in [0.29, 0.717) is 10.5 Å². The number of aliphatic carboxylic acids is 1. The Morgan fingerprint density at radius 2 is 2.54 bits per heavy atom. The van der Waals surface area contributed by atoms with E-state index < -0.39 is 5.97 Å². The molecule has 13 heavy (non-hydrogen) atoms. The second kappa shape index (κ2) is 4.31. The highest BCUT2D eigenvalue weighted by Gasteiger charge is 1.89. The number of aromatic nitrogens is 2. The summed E-state index contributed by atoms with van der Waals surface area (Å²) in [6.07, 6.45) is 0.725. The molecule has 7 heteroatoms. The standard InChI is InChI=1S/C6H6N4O2S/c11-6(12)3-7-8-4-1-2-5(13)10-9-4/h1-3H,(H,8,9)(H,10,13)(H,11,12)/b7-3+. The summed E-state index contributed by atoms with van der Waals surface area (Å²) in [6, 6.07) is 3.19. The number of carbonyl (C=O) groups is 1. The van der Waals surface area contributed by atoms with E-state index in [0.717, 1.165) is 6.21 Å². The minimum atomic E-state index is -1.13. The van der Waals surface area contributed by atoms with Crippen LogP contribution in [0.1, 0.15) is 0 Å². The van der Waals surface area contributed by atoms with E-state index >= 15 is 0 Å². The summed E-state index contributed by atoms with van der Waals surface area (Å²) < 4.78 is 0.493. The maximum absolute atomic E-state index is 10.0. The summed E-state index contributed by atoms with van der Waals surface area (Å²) in [7, 11) is 0. The Kier molecular flexibility index (Phi) is 3.09. The van der Waals surface area contributed by atoms with Gasteiger partial charge in [0.05, 0.1) is 0 Å². The van der Waals surface area contributed by atoms with Crippen LogP contribution in [0.3, 0.4) is 0 Å². The second-order valence-electron chi connectivity index (χ2n) is 2.01. The highest BCUT2D eigenvalue weighted by atomic mass is 32.1. The minimum Gasteiger partial charge on any atom is -0.477 e. The molecule has 0 aliphatic heterocycles. The molecular weight excluding hydrogens is 192 g/mol. The number of anilines is 1. The number of carboxylic acids is 1. The van der Waals surface area contributed by atoms with Gasteiger partial charge < -0.3 is 5.11 Å². The Balaban J connectivity index is 2.60. The number of rotatable bonds is 3. The van der Waals surface area contributed by atoms with Gasteiger partial charge in [-0.1, -0.05) is 12.2 Å². The smallest absolute Gasteiger partial charge is 0.348 e. The Hall–Kier alpha value is -1.76. The van der Waals surface area contributed by atoms with Crippen molar-refractivity contribution in [2.24, 2.45) is 5.10 Å². The zero-order chi connectivity index (χ0) is 9.68. The number of carboxylic acid groups (broad SMARTS) is 1. The van der Waals surface area contributed by atoms with E-state index in [1.807, 2.05) is 0 Å². The quantitative estimate of drug-likeness (QED) is 0.376. The van der Waals surface area contributed by atoms with Crippen molar-refractivity contribution in [3.63, 3.8) is 0 Å². The van der Waals surface area contributed by atoms with Crippen molar-refractivity contribution in [2.75, 3.05) is 5.43 Å². The fraction of sp³-hybridized carbons (Fsp3) is 0. The van der Waals surface area contributed by atoms with E-state index in [-0.39, 0.29) is 0 Å². The lowest BCUT2D eigenvalue weighted by atomic mass is 10.5. The molecule has 68 valence electrons. The number of H-pyrrole nitrogens is 1. The van der Waals surface area contributed by atoms with Crippen LogP contribution < -0.4 is 5.43 Å². The average Bonchev–Trinajstić information content (AvgIpc) is 2.08. The monoisotopic (exact) mass is 198 g/mol. The summed E-state index contributed by atoms with van der Waals surface area (Å²) in [5.41, 5.74) is 2.40. The van der Waals surface area contributed by atoms with Crippen LogP contribution in [0, 0.1) is 4.64 Å². The van der Waals surface area contributed by atoms with Gasteiger partial charge in [-0.25, -0.2) is 4.79 Å². The third-order valence-corrected chi connectivity index (χ3v) is 1.26. The van der Waals surface area contributed by atoms with Crippen molar-refractivity contribution in [1.29, 1.82) is 0 Å². The highest BCUT2D eigenvalue weighted by Crippen LogP contribution is 1.97. The van der Waals surface area contributed by atoms with Crippen molar-refractivity contribution in [1.82, 2.24) is 10.2 Å². The SMILES string of the molecule is O=C(O)/C=N/Nc1ccc(=S)[nH]n1. The van der Waals surface area contributed by atoms with Gasteiger partial charge in [0.2, 0.25) is 0 Å². The van der Waals surface area contributed by atoms with Gasteiger partial charge in [-0.2, -0.15) is 10.2 Å². The maximum atomic E-state index is 10.0. The first-order valence-electron chi connectivity index (χ1n) is 3.26. The maximum Gasteiger partial charge on any atom is 0.348 e. The molecule has 0 radical (unpaired) electrons. The Bertz CT molecular complexity index is 366. The van der Waals surface area contributed by atoms with E-state index in [9.17, 15) is 4.79 Å². The van der Waals surface area contributed by atoms with Crippen molar-refractivity contribution in [3.05, 3.63) is 16.8 Å². The predicted octanol–water partition coefficient (Wildman–Crippen LogP) is 0.621. The largest absolute Gasteiger partial charge is 0.477 e. The third-order valence-electron chi connectivity index (χ3n) is 1.03. The van der Waals surface area contributed by atoms with Crippen LogP contribution in [-0.4, -0.2) is 27.5 Å². The van der Waals surface area contributed by atoms with Gasteiger partial charge in [-0.05, 0) is 12.1 Å². The molecule has 3 N–H and O–H groups in total. The first kappa shape index (κ1) is 9.33. The molecule has 0 unspecified atom stereocenters. The number of hydrogen-bond acceptors (Lipinski definition) is 5. The van der Waals surface area contributed by atoms with Crippen molar-refractivity contribution < 1.29 is 9.90 Å². The number of nitrogens with zero attached hydrogens (tertiary/aromatic N) is 2. The molecule has 0 atom stereocenters. The molecular formula is C6H6N4O2S. The Labute approximate surface area is 78.3 Å². The van der Waals surface area contributed by atoms with Crippen LogP contribution in [0.15, 0.2) is 17.2 Å². The molecule has 1 heterocycles. The zero-order valence-corrected chi connectivity index (χ0v) is 7.21. The van der Waals surface area contributed by atoms with Gasteiger partial charge in [0.1, 0.15) is 10.9 Å². The van der Waals surface area contributed by atoms with Gasteiger partial charge in [-0.3, -0.25) is 10.5 Å². The lowest BCUT2D eigenvalue weighted by molar-refractivity contribution is -0.128. The van der Waals surface area contributed by atoms with Crippen molar-refractivity contribution >= 4 is 30.2 Å². The predicted molar refractivity (Wildman–Crippen MR) is 49.2 cm³/mol. The summed E-state index contributed by atoms with van der Waals surface area (Å²) in [6.45, 7) is 0. The zero-order valence-electron chi connectivity index (χ0n) is 6.39. The molecule has 0 saturated carbocycles. The second-order valence-corrected chi connectivity index (χ2v) is 2.45. The van der Waals surface area contributed by atoms with Crippen molar-refractivity contribution in [3.8, 4) is 0 Å². The van der Waals surface area contributed by atoms with Crippen LogP contribution in [0.4, 0.5) is 5.82 Å². The van der Waals surface area contributed by atoms with Crippen LogP contribution in [-0.2, 0) is 4.79 Å². The molecule has 0 saturated heterocycles. The number of aromatic amines is 1. The molecule has 0 amide bonds. The molecule has 0 aliphatic carbocycles. The number of hydrazone groups is 1. The van der Waals surface area contributed by atoms with Gasteiger partial charge in [0, 0.05) is 0 Å². The molecule has 0 aliphatic rings. The molecule has 1 aromatic heterocycles. The highest BCUT2D eigenvalue weighted by molar-refractivity contribution is 7.71. The lowest BCUT2D eigenvalue weighted by Gasteiger charge is -1.95. The van der Waals surface area contributed by atoms with Gasteiger partial charge >= 0.3 is 5.97 Å². The molecule has 0 bridgehead atoms. The fourth-order valence-corrected chi connectivity index (χ4v) is 0.674. The lowest BCUT2D eigenvalue weighted by Crippen LogP contribution is -2.00. The summed E-state index contributed by atoms with van der Waals surface area (Å²) in [5.74, 6) is -0.734. The molecule has 0 aromatic carbocycles. The van der Waals surface area contributed by atoms with E-state index in [1.165, 1.54) is 0 Å². The minimum absolute atomic E-state index is 0.395. The van der Waals surface area contributed by atoms with Crippen LogP contribution in [0.2, 0.25) is 0 Å². The fourth-order valence-electron chi connectivity index (χ4n) is 0.560. The molecule has 6 nitrogen and oxygen atoms in total. The molecule has 1 aromatic rings. The number of nitrogens with one attached hydrogen (secondary N) is 2. The summed E-state index contributed by atoms with van der Waals surface area (Å²) in [5, 5.41) is 17.8. The molecule has 0 spiro atoms. The van der Waals surface area contributed by atoms with E-state index in [1.54, 1.807) is 12.1 Å². The summed E-state index contributed by atoms with van der Waals surface area (Å²) >= 11 is 4.75. The Morgan fingerprint density at radius 1 is 1.77 bits per heavy atom. The molecule has 1 rings (SSSR count). The molecule has 0 fully saturated rings. The topological polar surface area (TPSA) is 90.4 Å². The van der Waals surface area contributed by atoms with Gasteiger partial charge in [0.25, 0.3) is 0 Å². The first-order valence-corrected chi connectivity index (χ1v) is 3.67. The van der Waals surface area contributed by atoms with Crippen LogP contribution in [0.25, 0.3) is 0 Å². The van der Waals surface area contributed by atoms with E-state index in [2.05, 4.69) is 20.7 Å². The summed E-state index contributed by atoms with van der Waals surface area (Å²) in [4.78, 5) is 10.0. The van der Waals surface area contributed by atoms with E-state index in [4.69, 9.17) is 17.3 Å². The van der Waals surface area contributed by atoms with Crippen LogP contribution in [0.5, 0.6) is 0 Å². The number of hydrogen-bond donors (Lipinski definition) is 3. The average molecular weight is 198 g/mol.